The second kappa shape index (κ2) is 10.2. The Morgan fingerprint density at radius 3 is 2.49 bits per heavy atom. The molecule has 5 rings (SSSR count). The number of morpholine rings is 1. The first-order chi connectivity index (χ1) is 17.2. The molecular weight excluding hydrogens is 442 g/mol. The number of rotatable bonds is 7. The van der Waals surface area contributed by atoms with E-state index in [4.69, 9.17) is 4.74 Å². The van der Waals surface area contributed by atoms with Gasteiger partial charge in [0.25, 0.3) is 5.91 Å². The first kappa shape index (κ1) is 22.4. The fourth-order valence-corrected chi connectivity index (χ4v) is 3.81. The van der Waals surface area contributed by atoms with Gasteiger partial charge in [-0.25, -0.2) is 4.98 Å². The zero-order valence-corrected chi connectivity index (χ0v) is 19.1. The minimum atomic E-state index is -0.370. The van der Waals surface area contributed by atoms with Crippen molar-refractivity contribution in [3.8, 4) is 6.07 Å². The Balaban J connectivity index is 1.22. The van der Waals surface area contributed by atoms with Crippen molar-refractivity contribution in [2.75, 3.05) is 47.2 Å². The number of amides is 1. The Kier molecular flexibility index (Phi) is 6.55. The van der Waals surface area contributed by atoms with Crippen LogP contribution in [0.1, 0.15) is 12.8 Å². The van der Waals surface area contributed by atoms with Gasteiger partial charge in [0.15, 0.2) is 0 Å². The molecule has 3 aromatic rings. The van der Waals surface area contributed by atoms with Gasteiger partial charge in [0.05, 0.1) is 13.2 Å². The van der Waals surface area contributed by atoms with E-state index in [1.807, 2.05) is 30.3 Å². The number of allylic oxidation sites excluding steroid dienone is 1. The zero-order valence-electron chi connectivity index (χ0n) is 19.1. The second-order valence-electron chi connectivity index (χ2n) is 8.29. The molecule has 1 saturated heterocycles. The molecule has 0 spiro atoms. The molecule has 2 aromatic carbocycles. The maximum Gasteiger partial charge on any atom is 0.266 e. The standard InChI is InChI=1S/C26H25N7O2/c27-17-23(18-4-5-18)25(34)30-21-3-1-2-20(16-21)29-24-10-11-28-26(32-24)31-19-6-8-22(9-7-19)33-12-14-35-15-13-33/h1-3,6-11,16H,4-5,12-15H2,(H,30,34)(H2,28,29,31,32). The van der Waals surface area contributed by atoms with Gasteiger partial charge >= 0.3 is 0 Å². The highest BCUT2D eigenvalue weighted by atomic mass is 16.5. The largest absolute Gasteiger partial charge is 0.378 e. The van der Waals surface area contributed by atoms with Gasteiger partial charge in [0.1, 0.15) is 17.5 Å². The molecular formula is C26H25N7O2. The third-order valence-corrected chi connectivity index (χ3v) is 5.74. The number of ether oxygens (including phenoxy) is 1. The van der Waals surface area contributed by atoms with Crippen LogP contribution in [-0.4, -0.2) is 42.2 Å². The van der Waals surface area contributed by atoms with Crippen LogP contribution in [0.15, 0.2) is 71.9 Å². The van der Waals surface area contributed by atoms with E-state index in [9.17, 15) is 10.1 Å². The fourth-order valence-electron chi connectivity index (χ4n) is 3.81. The lowest BCUT2D eigenvalue weighted by atomic mass is 10.2. The van der Waals surface area contributed by atoms with Gasteiger partial charge in [0, 0.05) is 42.0 Å². The normalized spacial score (nSPS) is 14.6. The highest BCUT2D eigenvalue weighted by molar-refractivity contribution is 6.07. The number of aromatic nitrogens is 2. The van der Waals surface area contributed by atoms with Gasteiger partial charge in [0.2, 0.25) is 5.95 Å². The van der Waals surface area contributed by atoms with Crippen LogP contribution in [0, 0.1) is 11.3 Å². The Morgan fingerprint density at radius 2 is 1.74 bits per heavy atom. The van der Waals surface area contributed by atoms with Crippen molar-refractivity contribution in [3.05, 3.63) is 71.9 Å². The van der Waals surface area contributed by atoms with Crippen LogP contribution < -0.4 is 20.9 Å². The Hall–Kier alpha value is -4.42. The number of benzene rings is 2. The lowest BCUT2D eigenvalue weighted by molar-refractivity contribution is -0.112. The summed E-state index contributed by atoms with van der Waals surface area (Å²) in [6.07, 6.45) is 3.31. The summed E-state index contributed by atoms with van der Waals surface area (Å²) in [4.78, 5) is 23.5. The predicted molar refractivity (Wildman–Crippen MR) is 135 cm³/mol. The van der Waals surface area contributed by atoms with Gasteiger partial charge in [-0.15, -0.1) is 0 Å². The number of carbonyl (C=O) groups excluding carboxylic acids is 1. The van der Waals surface area contributed by atoms with Gasteiger partial charge in [-0.2, -0.15) is 10.2 Å². The molecule has 9 heteroatoms. The molecule has 1 aliphatic carbocycles. The molecule has 1 aliphatic heterocycles. The lowest BCUT2D eigenvalue weighted by Crippen LogP contribution is -2.36. The molecule has 35 heavy (non-hydrogen) atoms. The molecule has 0 atom stereocenters. The van der Waals surface area contributed by atoms with Crippen LogP contribution in [0.4, 0.5) is 34.5 Å². The molecule has 2 aliphatic rings. The van der Waals surface area contributed by atoms with Crippen LogP contribution in [0.3, 0.4) is 0 Å². The maximum atomic E-state index is 12.4. The highest BCUT2D eigenvalue weighted by Crippen LogP contribution is 2.32. The summed E-state index contributed by atoms with van der Waals surface area (Å²) >= 11 is 0. The van der Waals surface area contributed by atoms with Crippen molar-refractivity contribution < 1.29 is 9.53 Å². The molecule has 0 unspecified atom stereocenters. The monoisotopic (exact) mass is 467 g/mol. The van der Waals surface area contributed by atoms with Crippen molar-refractivity contribution in [2.24, 2.45) is 0 Å². The van der Waals surface area contributed by atoms with E-state index < -0.39 is 0 Å². The SMILES string of the molecule is N#CC(C(=O)Nc1cccc(Nc2ccnc(Nc3ccc(N4CCOCC4)cc3)n2)c1)=C1CC1. The van der Waals surface area contributed by atoms with E-state index in [0.29, 0.717) is 17.5 Å². The first-order valence-corrected chi connectivity index (χ1v) is 11.5. The molecule has 3 N–H and O–H groups in total. The minimum absolute atomic E-state index is 0.216. The van der Waals surface area contributed by atoms with Gasteiger partial charge in [-0.3, -0.25) is 4.79 Å². The third kappa shape index (κ3) is 5.75. The molecule has 1 amide bonds. The third-order valence-electron chi connectivity index (χ3n) is 5.74. The van der Waals surface area contributed by atoms with Gasteiger partial charge in [-0.1, -0.05) is 6.07 Å². The molecule has 2 fully saturated rings. The van der Waals surface area contributed by atoms with Gasteiger partial charge in [-0.05, 0) is 66.9 Å². The molecule has 2 heterocycles. The molecule has 1 aromatic heterocycles. The summed E-state index contributed by atoms with van der Waals surface area (Å²) in [6, 6.07) is 19.2. The summed E-state index contributed by atoms with van der Waals surface area (Å²) in [7, 11) is 0. The topological polar surface area (TPSA) is 115 Å². The maximum absolute atomic E-state index is 12.4. The molecule has 1 saturated carbocycles. The Labute approximate surface area is 203 Å². The number of anilines is 6. The number of nitrogens with zero attached hydrogens (tertiary/aromatic N) is 4. The van der Waals surface area contributed by atoms with Crippen molar-refractivity contribution in [1.82, 2.24) is 9.97 Å². The zero-order chi connectivity index (χ0) is 24.0. The quantitative estimate of drug-likeness (QED) is 0.347. The Bertz CT molecular complexity index is 1290. The highest BCUT2D eigenvalue weighted by Gasteiger charge is 2.23. The number of hydrogen-bond acceptors (Lipinski definition) is 8. The summed E-state index contributed by atoms with van der Waals surface area (Å²) in [5.74, 6) is 0.701. The summed E-state index contributed by atoms with van der Waals surface area (Å²) < 4.78 is 5.42. The Morgan fingerprint density at radius 1 is 0.971 bits per heavy atom. The number of carbonyl (C=O) groups is 1. The first-order valence-electron chi connectivity index (χ1n) is 11.5. The van der Waals surface area contributed by atoms with Crippen LogP contribution in [0.25, 0.3) is 0 Å². The van der Waals surface area contributed by atoms with E-state index in [-0.39, 0.29) is 11.5 Å². The molecule has 0 radical (unpaired) electrons. The van der Waals surface area contributed by atoms with E-state index >= 15 is 0 Å². The van der Waals surface area contributed by atoms with Crippen molar-refractivity contribution in [2.45, 2.75) is 12.8 Å². The molecule has 176 valence electrons. The van der Waals surface area contributed by atoms with Crippen molar-refractivity contribution >= 4 is 40.4 Å². The predicted octanol–water partition coefficient (Wildman–Crippen LogP) is 4.35. The summed E-state index contributed by atoms with van der Waals surface area (Å²) in [5, 5.41) is 18.5. The van der Waals surface area contributed by atoms with Crippen LogP contribution in [0.5, 0.6) is 0 Å². The lowest BCUT2D eigenvalue weighted by Gasteiger charge is -2.28. The smallest absolute Gasteiger partial charge is 0.266 e. The fraction of sp³-hybridized carbons (Fsp3) is 0.231. The number of nitriles is 1. The number of nitrogens with one attached hydrogen (secondary N) is 3. The number of hydrogen-bond donors (Lipinski definition) is 3. The average molecular weight is 468 g/mol. The van der Waals surface area contributed by atoms with Crippen molar-refractivity contribution in [1.29, 1.82) is 5.26 Å². The molecule has 9 nitrogen and oxygen atoms in total. The van der Waals surface area contributed by atoms with Gasteiger partial charge < -0.3 is 25.6 Å². The van der Waals surface area contributed by atoms with E-state index in [1.165, 1.54) is 0 Å². The minimum Gasteiger partial charge on any atom is -0.378 e. The summed E-state index contributed by atoms with van der Waals surface area (Å²) in [5.41, 5.74) is 4.53. The second-order valence-corrected chi connectivity index (χ2v) is 8.29. The van der Waals surface area contributed by atoms with Crippen LogP contribution in [0.2, 0.25) is 0 Å². The van der Waals surface area contributed by atoms with E-state index in [2.05, 4.69) is 43.0 Å². The average Bonchev–Trinajstić information content (AvgIpc) is 3.71. The van der Waals surface area contributed by atoms with E-state index in [0.717, 1.165) is 61.8 Å². The van der Waals surface area contributed by atoms with E-state index in [1.54, 1.807) is 24.4 Å². The summed E-state index contributed by atoms with van der Waals surface area (Å²) in [6.45, 7) is 3.29. The van der Waals surface area contributed by atoms with Crippen LogP contribution >= 0.6 is 0 Å². The van der Waals surface area contributed by atoms with Crippen molar-refractivity contribution in [3.63, 3.8) is 0 Å². The van der Waals surface area contributed by atoms with Crippen LogP contribution in [-0.2, 0) is 9.53 Å². The molecule has 0 bridgehead atoms.